The first kappa shape index (κ1) is 18.9. The summed E-state index contributed by atoms with van der Waals surface area (Å²) in [5, 5.41) is 2.92. The molecule has 0 aliphatic carbocycles. The average Bonchev–Trinajstić information content (AvgIpc) is 2.71. The molecule has 144 valence electrons. The number of amides is 1. The summed E-state index contributed by atoms with van der Waals surface area (Å²) < 4.78 is 22.4. The molecule has 0 atom stereocenters. The molecule has 0 fully saturated rings. The van der Waals surface area contributed by atoms with Crippen LogP contribution < -0.4 is 24.3 Å². The lowest BCUT2D eigenvalue weighted by Crippen LogP contribution is -2.23. The number of nitrogens with one attached hydrogen (secondary N) is 1. The summed E-state index contributed by atoms with van der Waals surface area (Å²) in [6, 6.07) is 10.9. The lowest BCUT2D eigenvalue weighted by Gasteiger charge is -2.19. The van der Waals surface area contributed by atoms with Crippen LogP contribution in [0.15, 0.2) is 36.4 Å². The molecular weight excluding hydrogens is 346 g/mol. The molecule has 27 heavy (non-hydrogen) atoms. The van der Waals surface area contributed by atoms with Crippen molar-refractivity contribution in [1.82, 2.24) is 5.32 Å². The van der Waals surface area contributed by atoms with Gasteiger partial charge in [0.15, 0.2) is 23.0 Å². The molecule has 2 aromatic carbocycles. The maximum Gasteiger partial charge on any atom is 0.251 e. The monoisotopic (exact) mass is 371 g/mol. The Bertz CT molecular complexity index is 790. The molecular formula is C21H25NO5. The van der Waals surface area contributed by atoms with Gasteiger partial charge >= 0.3 is 0 Å². The van der Waals surface area contributed by atoms with Crippen molar-refractivity contribution < 1.29 is 23.7 Å². The van der Waals surface area contributed by atoms with Gasteiger partial charge in [0.2, 0.25) is 0 Å². The number of benzene rings is 2. The van der Waals surface area contributed by atoms with Crippen molar-refractivity contribution >= 4 is 5.91 Å². The molecule has 1 aliphatic heterocycles. The van der Waals surface area contributed by atoms with Crippen molar-refractivity contribution in [3.63, 3.8) is 0 Å². The number of hydrogen-bond donors (Lipinski definition) is 1. The summed E-state index contributed by atoms with van der Waals surface area (Å²) in [6.07, 6.45) is 0.906. The van der Waals surface area contributed by atoms with E-state index in [9.17, 15) is 4.79 Å². The maximum atomic E-state index is 12.5. The van der Waals surface area contributed by atoms with Gasteiger partial charge in [0.1, 0.15) is 13.2 Å². The summed E-state index contributed by atoms with van der Waals surface area (Å²) in [5.41, 5.74) is 1.47. The lowest BCUT2D eigenvalue weighted by molar-refractivity contribution is 0.0950. The molecule has 1 aliphatic rings. The fourth-order valence-electron chi connectivity index (χ4n) is 2.73. The van der Waals surface area contributed by atoms with Gasteiger partial charge in [-0.15, -0.1) is 0 Å². The second-order valence-corrected chi connectivity index (χ2v) is 6.10. The van der Waals surface area contributed by atoms with Crippen LogP contribution in [0, 0.1) is 0 Å². The van der Waals surface area contributed by atoms with Gasteiger partial charge < -0.3 is 24.3 Å². The number of carbonyl (C=O) groups is 1. The van der Waals surface area contributed by atoms with E-state index >= 15 is 0 Å². The third-order valence-corrected chi connectivity index (χ3v) is 4.03. The number of rotatable bonds is 8. The van der Waals surface area contributed by atoms with E-state index in [2.05, 4.69) is 5.32 Å². The Kier molecular flexibility index (Phi) is 6.41. The second kappa shape index (κ2) is 9.16. The van der Waals surface area contributed by atoms with Crippen LogP contribution in [0.5, 0.6) is 23.0 Å². The Morgan fingerprint density at radius 2 is 1.81 bits per heavy atom. The van der Waals surface area contributed by atoms with E-state index in [1.165, 1.54) is 0 Å². The Hall–Kier alpha value is -2.89. The summed E-state index contributed by atoms with van der Waals surface area (Å²) >= 11 is 0. The van der Waals surface area contributed by atoms with Crippen molar-refractivity contribution in [3.8, 4) is 23.0 Å². The largest absolute Gasteiger partial charge is 0.490 e. The maximum absolute atomic E-state index is 12.5. The number of ether oxygens (including phenoxy) is 4. The molecule has 0 saturated carbocycles. The molecule has 3 rings (SSSR count). The van der Waals surface area contributed by atoms with Crippen molar-refractivity contribution in [2.45, 2.75) is 26.8 Å². The Morgan fingerprint density at radius 3 is 2.59 bits per heavy atom. The highest BCUT2D eigenvalue weighted by Crippen LogP contribution is 2.31. The highest BCUT2D eigenvalue weighted by atomic mass is 16.6. The molecule has 1 N–H and O–H groups in total. The smallest absolute Gasteiger partial charge is 0.251 e. The van der Waals surface area contributed by atoms with Gasteiger partial charge in [-0.25, -0.2) is 0 Å². The van der Waals surface area contributed by atoms with Crippen molar-refractivity contribution in [1.29, 1.82) is 0 Å². The van der Waals surface area contributed by atoms with Gasteiger partial charge in [0.05, 0.1) is 13.2 Å². The van der Waals surface area contributed by atoms with Crippen molar-refractivity contribution in [2.24, 2.45) is 0 Å². The number of fused-ring (bicyclic) bond motifs is 1. The van der Waals surface area contributed by atoms with E-state index in [1.807, 2.05) is 32.0 Å². The number of carbonyl (C=O) groups excluding carboxylic acids is 1. The second-order valence-electron chi connectivity index (χ2n) is 6.10. The van der Waals surface area contributed by atoms with Gasteiger partial charge in [-0.3, -0.25) is 4.79 Å². The summed E-state index contributed by atoms with van der Waals surface area (Å²) in [4.78, 5) is 12.5. The van der Waals surface area contributed by atoms with Gasteiger partial charge in [0.25, 0.3) is 5.91 Å². The first-order valence-corrected chi connectivity index (χ1v) is 9.27. The zero-order valence-corrected chi connectivity index (χ0v) is 15.7. The zero-order chi connectivity index (χ0) is 19.1. The van der Waals surface area contributed by atoms with Crippen LogP contribution in [0.4, 0.5) is 0 Å². The quantitative estimate of drug-likeness (QED) is 0.768. The Morgan fingerprint density at radius 1 is 1.00 bits per heavy atom. The molecule has 6 heteroatoms. The van der Waals surface area contributed by atoms with Crippen LogP contribution >= 0.6 is 0 Å². The average molecular weight is 371 g/mol. The third-order valence-electron chi connectivity index (χ3n) is 4.03. The third kappa shape index (κ3) is 4.84. The van der Waals surface area contributed by atoms with Crippen LogP contribution in [0.25, 0.3) is 0 Å². The highest BCUT2D eigenvalue weighted by Gasteiger charge is 2.14. The van der Waals surface area contributed by atoms with E-state index in [-0.39, 0.29) is 5.91 Å². The Labute approximate surface area is 159 Å². The van der Waals surface area contributed by atoms with Crippen LogP contribution in [0.3, 0.4) is 0 Å². The lowest BCUT2D eigenvalue weighted by atomic mass is 10.1. The molecule has 2 aromatic rings. The molecule has 1 amide bonds. The zero-order valence-electron chi connectivity index (χ0n) is 15.7. The van der Waals surface area contributed by atoms with Crippen LogP contribution in [-0.4, -0.2) is 32.3 Å². The SMILES string of the molecule is CCCOc1ccc(C(=O)NCc2ccc3c(c2)OCCO3)cc1OCC. The van der Waals surface area contributed by atoms with Gasteiger partial charge in [-0.2, -0.15) is 0 Å². The molecule has 0 saturated heterocycles. The van der Waals surface area contributed by atoms with Gasteiger partial charge in [-0.1, -0.05) is 13.0 Å². The first-order valence-electron chi connectivity index (χ1n) is 9.27. The molecule has 0 unspecified atom stereocenters. The fraction of sp³-hybridized carbons (Fsp3) is 0.381. The fourth-order valence-corrected chi connectivity index (χ4v) is 2.73. The first-order chi connectivity index (χ1) is 13.2. The minimum Gasteiger partial charge on any atom is -0.490 e. The minimum atomic E-state index is -0.173. The van der Waals surface area contributed by atoms with Gasteiger partial charge in [-0.05, 0) is 49.2 Å². The standard InChI is InChI=1S/C21H25NO5/c1-3-9-25-18-8-6-16(13-20(18)24-4-2)21(23)22-14-15-5-7-17-19(12-15)27-11-10-26-17/h5-8,12-13H,3-4,9-11,14H2,1-2H3,(H,22,23). The van der Waals surface area contributed by atoms with Crippen LogP contribution in [0.2, 0.25) is 0 Å². The van der Waals surface area contributed by atoms with Crippen molar-refractivity contribution in [2.75, 3.05) is 26.4 Å². The van der Waals surface area contributed by atoms with Crippen molar-refractivity contribution in [3.05, 3.63) is 47.5 Å². The topological polar surface area (TPSA) is 66.0 Å². The molecule has 0 radical (unpaired) electrons. The summed E-state index contributed by atoms with van der Waals surface area (Å²) in [6.45, 7) is 6.55. The minimum absolute atomic E-state index is 0.173. The van der Waals surface area contributed by atoms with E-state index in [0.717, 1.165) is 17.7 Å². The van der Waals surface area contributed by atoms with Gasteiger partial charge in [0, 0.05) is 12.1 Å². The van der Waals surface area contributed by atoms with E-state index in [4.69, 9.17) is 18.9 Å². The van der Waals surface area contributed by atoms with E-state index in [1.54, 1.807) is 18.2 Å². The summed E-state index contributed by atoms with van der Waals surface area (Å²) in [5.74, 6) is 2.51. The predicted octanol–water partition coefficient (Wildman–Crippen LogP) is 3.58. The van der Waals surface area contributed by atoms with Crippen LogP contribution in [0.1, 0.15) is 36.2 Å². The molecule has 0 bridgehead atoms. The number of hydrogen-bond acceptors (Lipinski definition) is 5. The molecule has 6 nitrogen and oxygen atoms in total. The molecule has 1 heterocycles. The Balaban J connectivity index is 1.65. The normalized spacial score (nSPS) is 12.4. The van der Waals surface area contributed by atoms with E-state index in [0.29, 0.717) is 55.8 Å². The molecule has 0 spiro atoms. The molecule has 0 aromatic heterocycles. The highest BCUT2D eigenvalue weighted by molar-refractivity contribution is 5.94. The van der Waals surface area contributed by atoms with E-state index < -0.39 is 0 Å². The van der Waals surface area contributed by atoms with Crippen LogP contribution in [-0.2, 0) is 6.54 Å². The summed E-state index contributed by atoms with van der Waals surface area (Å²) in [7, 11) is 0. The predicted molar refractivity (Wildman–Crippen MR) is 102 cm³/mol.